The van der Waals surface area contributed by atoms with Crippen molar-refractivity contribution in [3.8, 4) is 17.2 Å². The molecule has 200 valence electrons. The monoisotopic (exact) mass is 544 g/mol. The van der Waals surface area contributed by atoms with Crippen molar-refractivity contribution >= 4 is 57.3 Å². The van der Waals surface area contributed by atoms with Crippen LogP contribution in [0.15, 0.2) is 66.9 Å². The summed E-state index contributed by atoms with van der Waals surface area (Å²) in [5.74, 6) is 1.31. The summed E-state index contributed by atoms with van der Waals surface area (Å²) >= 11 is 0. The molecule has 0 bridgehead atoms. The third kappa shape index (κ3) is 6.80. The van der Waals surface area contributed by atoms with Crippen LogP contribution in [0.5, 0.6) is 17.2 Å². The van der Waals surface area contributed by atoms with Crippen molar-refractivity contribution in [3.63, 3.8) is 0 Å². The number of aromatic nitrogens is 1. The van der Waals surface area contributed by atoms with Gasteiger partial charge in [-0.1, -0.05) is 45.0 Å². The second-order valence-corrected chi connectivity index (χ2v) is 11.7. The number of sulfonamides is 1. The lowest BCUT2D eigenvalue weighted by molar-refractivity contribution is 0.262. The van der Waals surface area contributed by atoms with Crippen molar-refractivity contribution in [2.75, 3.05) is 28.7 Å². The first-order chi connectivity index (χ1) is 18.3. The number of urea groups is 1. The number of anilines is 3. The predicted octanol–water partition coefficient (Wildman–Crippen LogP) is 5.14. The highest BCUT2D eigenvalue weighted by Gasteiger charge is 2.22. The zero-order valence-electron chi connectivity index (χ0n) is 22.3. The summed E-state index contributed by atoms with van der Waals surface area (Å²) in [4.78, 5) is 17.2. The number of hydrogen-bond donors (Lipinski definition) is 3. The molecular formula is C28H29BN4O5S. The third-order valence-corrected chi connectivity index (χ3v) is 6.41. The minimum absolute atomic E-state index is 0.189. The van der Waals surface area contributed by atoms with Crippen LogP contribution < -0.4 is 30.4 Å². The van der Waals surface area contributed by atoms with E-state index in [1.807, 2.05) is 45.0 Å². The molecule has 9 nitrogen and oxygen atoms in total. The van der Waals surface area contributed by atoms with Gasteiger partial charge in [-0.25, -0.2) is 13.2 Å². The number of fused-ring (bicyclic) bond motifs is 1. The van der Waals surface area contributed by atoms with Crippen LogP contribution >= 0.6 is 0 Å². The molecule has 0 fully saturated rings. The smallest absolute Gasteiger partial charge is 0.323 e. The summed E-state index contributed by atoms with van der Waals surface area (Å²) in [6.45, 7) is 5.96. The van der Waals surface area contributed by atoms with Gasteiger partial charge in [-0.2, -0.15) is 0 Å². The number of rotatable bonds is 7. The highest BCUT2D eigenvalue weighted by molar-refractivity contribution is 7.92. The molecule has 0 aliphatic carbocycles. The molecule has 1 aromatic heterocycles. The van der Waals surface area contributed by atoms with E-state index in [0.29, 0.717) is 28.5 Å². The second-order valence-electron chi connectivity index (χ2n) is 9.98. The standard InChI is InChI=1S/C28H29BN4O5S/c1-28(2,3)17-14-22(26(37-4)23(15-17)33-39(5,35)36)32-27(34)31-21-10-11-24(20-9-7-6-8-19(20)21)38-18-12-13-30-25(29)16-18/h6-16,33H,1-5H3,(H2,31,32,34). The fraction of sp³-hybridized carbons (Fsp3) is 0.214. The molecule has 0 spiro atoms. The molecule has 11 heteroatoms. The number of pyridine rings is 1. The van der Waals surface area contributed by atoms with Gasteiger partial charge in [0, 0.05) is 17.0 Å². The Morgan fingerprint density at radius 2 is 1.59 bits per heavy atom. The number of ether oxygens (including phenoxy) is 2. The number of nitrogens with one attached hydrogen (secondary N) is 3. The van der Waals surface area contributed by atoms with E-state index < -0.39 is 16.1 Å². The van der Waals surface area contributed by atoms with Gasteiger partial charge in [-0.15, -0.1) is 0 Å². The summed E-state index contributed by atoms with van der Waals surface area (Å²) < 4.78 is 38.0. The number of amides is 2. The van der Waals surface area contributed by atoms with Crippen LogP contribution in [0.3, 0.4) is 0 Å². The second kappa shape index (κ2) is 10.9. The van der Waals surface area contributed by atoms with Crippen molar-refractivity contribution < 1.29 is 22.7 Å². The summed E-state index contributed by atoms with van der Waals surface area (Å²) in [6.07, 6.45) is 2.62. The first-order valence-corrected chi connectivity index (χ1v) is 13.9. The summed E-state index contributed by atoms with van der Waals surface area (Å²) in [5.41, 5.74) is 1.89. The van der Waals surface area contributed by atoms with Crippen LogP contribution in [0.25, 0.3) is 10.8 Å². The lowest BCUT2D eigenvalue weighted by Crippen LogP contribution is -2.22. The van der Waals surface area contributed by atoms with Gasteiger partial charge in [0.1, 0.15) is 19.3 Å². The molecule has 1 heterocycles. The van der Waals surface area contributed by atoms with Crippen molar-refractivity contribution in [2.45, 2.75) is 26.2 Å². The van der Waals surface area contributed by atoms with E-state index in [1.54, 1.807) is 42.6 Å². The van der Waals surface area contributed by atoms with Gasteiger partial charge in [0.05, 0.1) is 30.4 Å². The topological polar surface area (TPSA) is 119 Å². The van der Waals surface area contributed by atoms with Crippen molar-refractivity contribution in [3.05, 3.63) is 72.4 Å². The van der Waals surface area contributed by atoms with Gasteiger partial charge in [0.15, 0.2) is 5.75 Å². The van der Waals surface area contributed by atoms with Crippen LogP contribution in [0.2, 0.25) is 0 Å². The Bertz CT molecular complexity index is 1650. The average molecular weight is 544 g/mol. The first-order valence-electron chi connectivity index (χ1n) is 12.0. The van der Waals surface area contributed by atoms with Gasteiger partial charge in [-0.3, -0.25) is 9.71 Å². The molecule has 0 saturated heterocycles. The Morgan fingerprint density at radius 1 is 0.923 bits per heavy atom. The van der Waals surface area contributed by atoms with Gasteiger partial charge in [0.25, 0.3) is 0 Å². The fourth-order valence-corrected chi connectivity index (χ4v) is 4.56. The van der Waals surface area contributed by atoms with Crippen LogP contribution in [-0.2, 0) is 15.4 Å². The predicted molar refractivity (Wildman–Crippen MR) is 156 cm³/mol. The number of benzene rings is 3. The molecular weight excluding hydrogens is 515 g/mol. The summed E-state index contributed by atoms with van der Waals surface area (Å²) in [5, 5.41) is 7.22. The van der Waals surface area contributed by atoms with Crippen LogP contribution in [0.4, 0.5) is 21.9 Å². The molecule has 0 aliphatic heterocycles. The number of carbonyl (C=O) groups is 1. The Morgan fingerprint density at radius 3 is 2.23 bits per heavy atom. The van der Waals surface area contributed by atoms with E-state index >= 15 is 0 Å². The molecule has 0 saturated carbocycles. The molecule has 39 heavy (non-hydrogen) atoms. The fourth-order valence-electron chi connectivity index (χ4n) is 4.01. The molecule has 4 aromatic rings. The van der Waals surface area contributed by atoms with E-state index in [0.717, 1.165) is 22.6 Å². The number of methoxy groups -OCH3 is 1. The lowest BCUT2D eigenvalue weighted by atomic mass is 9.86. The lowest BCUT2D eigenvalue weighted by Gasteiger charge is -2.24. The molecule has 0 unspecified atom stereocenters. The third-order valence-electron chi connectivity index (χ3n) is 5.82. The van der Waals surface area contributed by atoms with Crippen molar-refractivity contribution in [1.29, 1.82) is 0 Å². The normalized spacial score (nSPS) is 11.6. The van der Waals surface area contributed by atoms with Crippen LogP contribution in [0, 0.1) is 0 Å². The van der Waals surface area contributed by atoms with Gasteiger partial charge < -0.3 is 20.1 Å². The zero-order chi connectivity index (χ0) is 28.4. The molecule has 2 radical (unpaired) electrons. The number of carbonyl (C=O) groups excluding carboxylic acids is 1. The Hall–Kier alpha value is -4.25. The van der Waals surface area contributed by atoms with Crippen molar-refractivity contribution in [1.82, 2.24) is 4.98 Å². The van der Waals surface area contributed by atoms with Crippen LogP contribution in [-0.4, -0.2) is 40.6 Å². The van der Waals surface area contributed by atoms with Crippen LogP contribution in [0.1, 0.15) is 26.3 Å². The van der Waals surface area contributed by atoms with E-state index in [-0.39, 0.29) is 16.9 Å². The van der Waals surface area contributed by atoms with Gasteiger partial charge in [0.2, 0.25) is 10.0 Å². The molecule has 2 amide bonds. The molecule has 0 atom stereocenters. The highest BCUT2D eigenvalue weighted by atomic mass is 32.2. The first kappa shape index (κ1) is 27.8. The Balaban J connectivity index is 1.66. The SMILES string of the molecule is [B]c1cc(Oc2ccc(NC(=O)Nc3cc(C(C)(C)C)cc(NS(C)(=O)=O)c3OC)c3ccccc23)ccn1. The maximum atomic E-state index is 13.2. The largest absolute Gasteiger partial charge is 0.492 e. The van der Waals surface area contributed by atoms with Gasteiger partial charge in [-0.05, 0) is 53.0 Å². The zero-order valence-corrected chi connectivity index (χ0v) is 23.1. The minimum Gasteiger partial charge on any atom is -0.492 e. The Kier molecular flexibility index (Phi) is 7.73. The summed E-state index contributed by atoms with van der Waals surface area (Å²) in [6, 6.07) is 17.2. The quantitative estimate of drug-likeness (QED) is 0.277. The maximum absolute atomic E-state index is 13.2. The van der Waals surface area contributed by atoms with E-state index in [1.165, 1.54) is 7.11 Å². The van der Waals surface area contributed by atoms with E-state index in [2.05, 4.69) is 20.3 Å². The Labute approximate surface area is 229 Å². The van der Waals surface area contributed by atoms with Crippen molar-refractivity contribution in [2.24, 2.45) is 0 Å². The van der Waals surface area contributed by atoms with Gasteiger partial charge >= 0.3 is 6.03 Å². The highest BCUT2D eigenvalue weighted by Crippen LogP contribution is 2.39. The van der Waals surface area contributed by atoms with E-state index in [4.69, 9.17) is 17.3 Å². The number of hydrogen-bond acceptors (Lipinski definition) is 6. The molecule has 4 rings (SSSR count). The minimum atomic E-state index is -3.60. The molecule has 0 aliphatic rings. The number of nitrogens with zero attached hydrogens (tertiary/aromatic N) is 1. The molecule has 3 aromatic carbocycles. The van der Waals surface area contributed by atoms with E-state index in [9.17, 15) is 13.2 Å². The maximum Gasteiger partial charge on any atom is 0.323 e. The summed E-state index contributed by atoms with van der Waals surface area (Å²) in [7, 11) is 3.58. The molecule has 3 N–H and O–H groups in total. The average Bonchev–Trinajstić information content (AvgIpc) is 2.84.